The summed E-state index contributed by atoms with van der Waals surface area (Å²) in [7, 11) is 1.68. The Kier molecular flexibility index (Phi) is 5.03. The van der Waals surface area contributed by atoms with E-state index in [1.165, 1.54) is 16.2 Å². The van der Waals surface area contributed by atoms with Crippen LogP contribution >= 0.6 is 34.5 Å². The molecular formula is C17H15Cl2N3O2S. The summed E-state index contributed by atoms with van der Waals surface area (Å²) in [6.45, 7) is 1.85. The number of thiophene rings is 1. The molecule has 1 aromatic carbocycles. The number of aromatic amines is 1. The van der Waals surface area contributed by atoms with Gasteiger partial charge < -0.3 is 15.2 Å². The lowest BCUT2D eigenvalue weighted by atomic mass is 10.2. The maximum atomic E-state index is 12.3. The lowest BCUT2D eigenvalue weighted by Crippen LogP contribution is -2.38. The van der Waals surface area contributed by atoms with Gasteiger partial charge in [-0.25, -0.2) is 0 Å². The van der Waals surface area contributed by atoms with Gasteiger partial charge in [-0.15, -0.1) is 11.3 Å². The molecule has 8 heteroatoms. The first-order valence-corrected chi connectivity index (χ1v) is 9.02. The van der Waals surface area contributed by atoms with Gasteiger partial charge in [0.1, 0.15) is 10.0 Å². The third kappa shape index (κ3) is 3.66. The summed E-state index contributed by atoms with van der Waals surface area (Å²) in [4.78, 5) is 29.0. The van der Waals surface area contributed by atoms with Gasteiger partial charge in [-0.3, -0.25) is 9.59 Å². The van der Waals surface area contributed by atoms with Crippen LogP contribution < -0.4 is 10.2 Å². The third-order valence-electron chi connectivity index (χ3n) is 3.78. The molecule has 0 radical (unpaired) electrons. The highest BCUT2D eigenvalue weighted by atomic mass is 35.5. The second-order valence-electron chi connectivity index (χ2n) is 5.59. The van der Waals surface area contributed by atoms with E-state index in [1.54, 1.807) is 13.1 Å². The number of nitrogens with one attached hydrogen (secondary N) is 2. The molecule has 0 aliphatic rings. The summed E-state index contributed by atoms with van der Waals surface area (Å²) in [6, 6.07) is 9.26. The fourth-order valence-electron chi connectivity index (χ4n) is 2.39. The zero-order chi connectivity index (χ0) is 18.1. The molecule has 3 aromatic rings. The Morgan fingerprint density at radius 1 is 1.28 bits per heavy atom. The molecule has 0 unspecified atom stereocenters. The molecule has 0 saturated heterocycles. The molecule has 25 heavy (non-hydrogen) atoms. The van der Waals surface area contributed by atoms with Gasteiger partial charge in [-0.2, -0.15) is 0 Å². The number of anilines is 1. The lowest BCUT2D eigenvalue weighted by Gasteiger charge is -2.18. The Morgan fingerprint density at radius 3 is 2.72 bits per heavy atom. The molecule has 2 amide bonds. The van der Waals surface area contributed by atoms with E-state index in [4.69, 9.17) is 23.2 Å². The molecule has 2 aromatic heterocycles. The number of rotatable bonds is 4. The summed E-state index contributed by atoms with van der Waals surface area (Å²) in [6.07, 6.45) is 0. The SMILES string of the molecule is Cc1cccc(N(C)C(=O)CNC(=O)c2cc3sc(Cl)c(Cl)c3[nH]2)c1. The maximum Gasteiger partial charge on any atom is 0.268 e. The predicted octanol–water partition coefficient (Wildman–Crippen LogP) is 4.24. The third-order valence-corrected chi connectivity index (χ3v) is 5.71. The van der Waals surface area contributed by atoms with Crippen molar-refractivity contribution in [1.82, 2.24) is 10.3 Å². The van der Waals surface area contributed by atoms with Crippen LogP contribution in [-0.4, -0.2) is 30.4 Å². The van der Waals surface area contributed by atoms with Crippen LogP contribution in [0.5, 0.6) is 0 Å². The molecule has 0 bridgehead atoms. The van der Waals surface area contributed by atoms with Crippen molar-refractivity contribution >= 4 is 62.3 Å². The Labute approximate surface area is 158 Å². The van der Waals surface area contributed by atoms with Gasteiger partial charge in [0.25, 0.3) is 5.91 Å². The number of nitrogens with zero attached hydrogens (tertiary/aromatic N) is 1. The number of H-pyrrole nitrogens is 1. The summed E-state index contributed by atoms with van der Waals surface area (Å²) < 4.78 is 1.27. The number of halogens is 2. The van der Waals surface area contributed by atoms with Gasteiger partial charge in [0.05, 0.1) is 21.8 Å². The van der Waals surface area contributed by atoms with Gasteiger partial charge in [-0.1, -0.05) is 35.3 Å². The summed E-state index contributed by atoms with van der Waals surface area (Å²) in [5.41, 5.74) is 2.81. The van der Waals surface area contributed by atoms with Crippen molar-refractivity contribution in [2.24, 2.45) is 0 Å². The largest absolute Gasteiger partial charge is 0.349 e. The normalized spacial score (nSPS) is 10.9. The number of aromatic nitrogens is 1. The Bertz CT molecular complexity index is 964. The summed E-state index contributed by atoms with van der Waals surface area (Å²) >= 11 is 13.3. The van der Waals surface area contributed by atoms with Crippen LogP contribution in [0.15, 0.2) is 30.3 Å². The van der Waals surface area contributed by atoms with Crippen molar-refractivity contribution in [1.29, 1.82) is 0 Å². The number of aryl methyl sites for hydroxylation is 1. The van der Waals surface area contributed by atoms with Crippen molar-refractivity contribution in [2.45, 2.75) is 6.92 Å². The number of likely N-dealkylation sites (N-methyl/N-ethyl adjacent to an activating group) is 1. The smallest absolute Gasteiger partial charge is 0.268 e. The monoisotopic (exact) mass is 395 g/mol. The first kappa shape index (κ1) is 17.8. The lowest BCUT2D eigenvalue weighted by molar-refractivity contribution is -0.117. The van der Waals surface area contributed by atoms with Crippen LogP contribution in [0.25, 0.3) is 10.2 Å². The van der Waals surface area contributed by atoms with Crippen LogP contribution in [0.4, 0.5) is 5.69 Å². The van der Waals surface area contributed by atoms with Crippen molar-refractivity contribution in [3.8, 4) is 0 Å². The molecule has 2 N–H and O–H groups in total. The molecule has 0 saturated carbocycles. The van der Waals surface area contributed by atoms with Crippen LogP contribution in [0.1, 0.15) is 16.1 Å². The second-order valence-corrected chi connectivity index (χ2v) is 7.62. The van der Waals surface area contributed by atoms with E-state index >= 15 is 0 Å². The van der Waals surface area contributed by atoms with Crippen molar-refractivity contribution in [3.05, 3.63) is 50.9 Å². The molecule has 2 heterocycles. The quantitative estimate of drug-likeness (QED) is 0.693. The van der Waals surface area contributed by atoms with E-state index in [0.717, 1.165) is 16.0 Å². The van der Waals surface area contributed by atoms with E-state index in [-0.39, 0.29) is 18.4 Å². The highest BCUT2D eigenvalue weighted by molar-refractivity contribution is 7.23. The maximum absolute atomic E-state index is 12.3. The van der Waals surface area contributed by atoms with E-state index in [0.29, 0.717) is 20.6 Å². The van der Waals surface area contributed by atoms with Crippen molar-refractivity contribution < 1.29 is 9.59 Å². The zero-order valence-electron chi connectivity index (χ0n) is 13.5. The number of fused-ring (bicyclic) bond motifs is 1. The highest BCUT2D eigenvalue weighted by Gasteiger charge is 2.17. The predicted molar refractivity (Wildman–Crippen MR) is 103 cm³/mol. The molecular weight excluding hydrogens is 381 g/mol. The molecule has 130 valence electrons. The van der Waals surface area contributed by atoms with Crippen molar-refractivity contribution in [3.63, 3.8) is 0 Å². The first-order valence-electron chi connectivity index (χ1n) is 7.44. The average Bonchev–Trinajstić information content (AvgIpc) is 3.11. The highest BCUT2D eigenvalue weighted by Crippen LogP contribution is 2.38. The van der Waals surface area contributed by atoms with Crippen LogP contribution in [0, 0.1) is 6.92 Å². The summed E-state index contributed by atoms with van der Waals surface area (Å²) in [5, 5.41) is 3.02. The summed E-state index contributed by atoms with van der Waals surface area (Å²) in [5.74, 6) is -0.588. The molecule has 0 fully saturated rings. The number of hydrogen-bond acceptors (Lipinski definition) is 3. The minimum absolute atomic E-state index is 0.107. The second kappa shape index (κ2) is 7.07. The minimum Gasteiger partial charge on any atom is -0.349 e. The topological polar surface area (TPSA) is 65.2 Å². The first-order chi connectivity index (χ1) is 11.9. The molecule has 0 atom stereocenters. The molecule has 0 aliphatic carbocycles. The van der Waals surface area contributed by atoms with Crippen LogP contribution in [0.3, 0.4) is 0 Å². The Balaban J connectivity index is 1.65. The number of carbonyl (C=O) groups excluding carboxylic acids is 2. The Hall–Kier alpha value is -2.02. The number of benzene rings is 1. The standard InChI is InChI=1S/C17H15Cl2N3O2S/c1-9-4-3-5-10(6-9)22(2)13(23)8-20-17(24)11-7-12-15(21-11)14(18)16(19)25-12/h3-7,21H,8H2,1-2H3,(H,20,24). The van der Waals surface area contributed by atoms with Gasteiger partial charge in [0.15, 0.2) is 0 Å². The molecule has 0 aliphatic heterocycles. The van der Waals surface area contributed by atoms with Gasteiger partial charge >= 0.3 is 0 Å². The number of hydrogen-bond donors (Lipinski definition) is 2. The molecule has 5 nitrogen and oxygen atoms in total. The van der Waals surface area contributed by atoms with Crippen molar-refractivity contribution in [2.75, 3.05) is 18.5 Å². The van der Waals surface area contributed by atoms with E-state index in [9.17, 15) is 9.59 Å². The van der Waals surface area contributed by atoms with Crippen LogP contribution in [-0.2, 0) is 4.79 Å². The average molecular weight is 396 g/mol. The van der Waals surface area contributed by atoms with Crippen LogP contribution in [0.2, 0.25) is 9.36 Å². The number of carbonyl (C=O) groups is 2. The molecule has 0 spiro atoms. The van der Waals surface area contributed by atoms with E-state index in [1.807, 2.05) is 31.2 Å². The van der Waals surface area contributed by atoms with Gasteiger partial charge in [0.2, 0.25) is 5.91 Å². The van der Waals surface area contributed by atoms with Gasteiger partial charge in [0, 0.05) is 12.7 Å². The van der Waals surface area contributed by atoms with Gasteiger partial charge in [-0.05, 0) is 30.7 Å². The fraction of sp³-hybridized carbons (Fsp3) is 0.176. The minimum atomic E-state index is -0.374. The molecule has 3 rings (SSSR count). The fourth-order valence-corrected chi connectivity index (χ4v) is 3.87. The zero-order valence-corrected chi connectivity index (χ0v) is 15.9. The Morgan fingerprint density at radius 2 is 2.04 bits per heavy atom. The van der Waals surface area contributed by atoms with E-state index in [2.05, 4.69) is 10.3 Å². The van der Waals surface area contributed by atoms with E-state index < -0.39 is 0 Å². The number of amides is 2.